The molecule has 5 nitrogen and oxygen atoms in total. The van der Waals surface area contributed by atoms with Crippen molar-refractivity contribution in [3.05, 3.63) is 54.3 Å². The van der Waals surface area contributed by atoms with E-state index >= 15 is 0 Å². The first-order chi connectivity index (χ1) is 12.2. The third-order valence-electron chi connectivity index (χ3n) is 3.80. The number of allylic oxidation sites excluding steroid dienone is 1. The van der Waals surface area contributed by atoms with Crippen LogP contribution >= 0.6 is 0 Å². The smallest absolute Gasteiger partial charge is 0.308 e. The molecule has 0 heterocycles. The monoisotopic (exact) mass is 342 g/mol. The van der Waals surface area contributed by atoms with Crippen LogP contribution in [0.2, 0.25) is 0 Å². The van der Waals surface area contributed by atoms with E-state index < -0.39 is 5.79 Å². The molecule has 0 aromatic heterocycles. The predicted octanol–water partition coefficient (Wildman–Crippen LogP) is 5.47. The molecule has 0 fully saturated rings. The molecule has 2 rings (SSSR count). The van der Waals surface area contributed by atoms with Crippen LogP contribution in [0.5, 0.6) is 0 Å². The van der Waals surface area contributed by atoms with Crippen LogP contribution in [0.1, 0.15) is 46.0 Å². The van der Waals surface area contributed by atoms with Crippen molar-refractivity contribution in [2.75, 3.05) is 6.61 Å². The Morgan fingerprint density at radius 2 is 1.96 bits per heavy atom. The molecule has 1 aromatic rings. The number of hydrogen-bond donors (Lipinski definition) is 0. The summed E-state index contributed by atoms with van der Waals surface area (Å²) in [5, 5.41) is 8.41. The molecule has 1 aliphatic rings. The maximum atomic E-state index is 12.1. The minimum Gasteiger partial charge on any atom is -0.429 e. The molecule has 0 N–H and O–H groups in total. The Hall–Kier alpha value is -2.27. The van der Waals surface area contributed by atoms with E-state index in [1.807, 2.05) is 43.3 Å². The lowest BCUT2D eigenvalue weighted by Gasteiger charge is -2.31. The first-order valence-corrected chi connectivity index (χ1v) is 8.89. The maximum Gasteiger partial charge on any atom is 0.308 e. The summed E-state index contributed by atoms with van der Waals surface area (Å²) in [5.74, 6) is -1.25. The maximum absolute atomic E-state index is 12.1. The Balaban J connectivity index is 1.96. The van der Waals surface area contributed by atoms with Crippen LogP contribution in [0.15, 0.2) is 64.5 Å². The number of rotatable bonds is 9. The molecule has 0 bridgehead atoms. The van der Waals surface area contributed by atoms with Gasteiger partial charge in [-0.3, -0.25) is 4.79 Å². The van der Waals surface area contributed by atoms with Crippen LogP contribution in [-0.4, -0.2) is 18.4 Å². The SMILES string of the molecule is CCCCCC(=O)OC1(OCC)C=CC(N=Nc2ccccc2)=CC1. The molecule has 0 saturated carbocycles. The second kappa shape index (κ2) is 9.89. The van der Waals surface area contributed by atoms with Crippen LogP contribution in [0, 0.1) is 0 Å². The molecule has 1 aliphatic carbocycles. The summed E-state index contributed by atoms with van der Waals surface area (Å²) in [6.45, 7) is 4.45. The molecular weight excluding hydrogens is 316 g/mol. The second-order valence-corrected chi connectivity index (χ2v) is 5.88. The zero-order valence-corrected chi connectivity index (χ0v) is 15.0. The molecule has 0 radical (unpaired) electrons. The molecule has 1 aromatic carbocycles. The van der Waals surface area contributed by atoms with Crippen LogP contribution in [0.4, 0.5) is 5.69 Å². The summed E-state index contributed by atoms with van der Waals surface area (Å²) in [5.41, 5.74) is 1.52. The summed E-state index contributed by atoms with van der Waals surface area (Å²) >= 11 is 0. The molecule has 134 valence electrons. The van der Waals surface area contributed by atoms with Gasteiger partial charge in [-0.25, -0.2) is 0 Å². The number of carbonyl (C=O) groups excluding carboxylic acids is 1. The number of hydrogen-bond acceptors (Lipinski definition) is 5. The Bertz CT molecular complexity index is 638. The van der Waals surface area contributed by atoms with Crippen molar-refractivity contribution in [2.45, 2.75) is 51.7 Å². The molecule has 5 heteroatoms. The molecule has 0 aliphatic heterocycles. The third-order valence-corrected chi connectivity index (χ3v) is 3.80. The van der Waals surface area contributed by atoms with Gasteiger partial charge in [0.05, 0.1) is 11.4 Å². The van der Waals surface area contributed by atoms with Crippen molar-refractivity contribution in [3.63, 3.8) is 0 Å². The molecule has 0 saturated heterocycles. The van der Waals surface area contributed by atoms with Gasteiger partial charge >= 0.3 is 5.97 Å². The van der Waals surface area contributed by atoms with Crippen molar-refractivity contribution in [1.82, 2.24) is 0 Å². The summed E-state index contributed by atoms with van der Waals surface area (Å²) in [7, 11) is 0. The number of ether oxygens (including phenoxy) is 2. The van der Waals surface area contributed by atoms with Gasteiger partial charge in [0.25, 0.3) is 0 Å². The Morgan fingerprint density at radius 3 is 2.60 bits per heavy atom. The van der Waals surface area contributed by atoms with E-state index in [0.29, 0.717) is 19.4 Å². The molecule has 1 atom stereocenters. The lowest BCUT2D eigenvalue weighted by atomic mass is 10.1. The average Bonchev–Trinajstić information content (AvgIpc) is 2.63. The topological polar surface area (TPSA) is 60.2 Å². The van der Waals surface area contributed by atoms with Crippen molar-refractivity contribution >= 4 is 11.7 Å². The molecular formula is C20H26N2O3. The molecule has 25 heavy (non-hydrogen) atoms. The fourth-order valence-corrected chi connectivity index (χ4v) is 2.50. The standard InChI is InChI=1S/C20H26N2O3/c1-3-5-7-12-19(23)25-20(24-4-2)15-13-18(14-16-20)22-21-17-10-8-6-9-11-17/h6,8-11,13-15H,3-5,7,12,16H2,1-2H3. The minimum absolute atomic E-state index is 0.227. The van der Waals surface area contributed by atoms with E-state index in [2.05, 4.69) is 17.2 Å². The van der Waals surface area contributed by atoms with E-state index in [1.165, 1.54) is 0 Å². The largest absolute Gasteiger partial charge is 0.429 e. The first kappa shape index (κ1) is 19.1. The highest BCUT2D eigenvalue weighted by Crippen LogP contribution is 2.28. The summed E-state index contributed by atoms with van der Waals surface area (Å²) in [4.78, 5) is 12.1. The number of esters is 1. The highest BCUT2D eigenvalue weighted by molar-refractivity contribution is 5.70. The fourth-order valence-electron chi connectivity index (χ4n) is 2.50. The first-order valence-electron chi connectivity index (χ1n) is 8.89. The average molecular weight is 342 g/mol. The summed E-state index contributed by atoms with van der Waals surface area (Å²) < 4.78 is 11.3. The predicted molar refractivity (Wildman–Crippen MR) is 97.4 cm³/mol. The lowest BCUT2D eigenvalue weighted by molar-refractivity contribution is -0.207. The number of unbranched alkanes of at least 4 members (excludes halogenated alkanes) is 2. The summed E-state index contributed by atoms with van der Waals surface area (Å²) in [6.07, 6.45) is 9.20. The van der Waals surface area contributed by atoms with E-state index in [4.69, 9.17) is 9.47 Å². The summed E-state index contributed by atoms with van der Waals surface area (Å²) in [6, 6.07) is 9.54. The Morgan fingerprint density at radius 1 is 1.16 bits per heavy atom. The third kappa shape index (κ3) is 6.27. The zero-order valence-electron chi connectivity index (χ0n) is 15.0. The van der Waals surface area contributed by atoms with Crippen molar-refractivity contribution in [3.8, 4) is 0 Å². The van der Waals surface area contributed by atoms with Crippen molar-refractivity contribution in [2.24, 2.45) is 10.2 Å². The van der Waals surface area contributed by atoms with Gasteiger partial charge in [0, 0.05) is 19.4 Å². The molecule has 1 unspecified atom stereocenters. The fraction of sp³-hybridized carbons (Fsp3) is 0.450. The highest BCUT2D eigenvalue weighted by Gasteiger charge is 2.33. The van der Waals surface area contributed by atoms with E-state index in [9.17, 15) is 4.79 Å². The van der Waals surface area contributed by atoms with Crippen LogP contribution < -0.4 is 0 Å². The van der Waals surface area contributed by atoms with Gasteiger partial charge in [0.15, 0.2) is 0 Å². The molecule has 0 spiro atoms. The van der Waals surface area contributed by atoms with Crippen molar-refractivity contribution in [1.29, 1.82) is 0 Å². The zero-order chi connectivity index (χ0) is 18.0. The van der Waals surface area contributed by atoms with Crippen LogP contribution in [-0.2, 0) is 14.3 Å². The van der Waals surface area contributed by atoms with Gasteiger partial charge in [-0.1, -0.05) is 38.0 Å². The van der Waals surface area contributed by atoms with Crippen molar-refractivity contribution < 1.29 is 14.3 Å². The van der Waals surface area contributed by atoms with E-state index in [-0.39, 0.29) is 5.97 Å². The number of azo groups is 1. The normalized spacial score (nSPS) is 19.8. The quantitative estimate of drug-likeness (QED) is 0.259. The van der Waals surface area contributed by atoms with Gasteiger partial charge in [0.2, 0.25) is 5.79 Å². The van der Waals surface area contributed by atoms with Crippen LogP contribution in [0.25, 0.3) is 0 Å². The molecule has 0 amide bonds. The highest BCUT2D eigenvalue weighted by atomic mass is 16.7. The minimum atomic E-state index is -1.02. The lowest BCUT2D eigenvalue weighted by Crippen LogP contribution is -2.37. The second-order valence-electron chi connectivity index (χ2n) is 5.88. The van der Waals surface area contributed by atoms with Gasteiger partial charge < -0.3 is 9.47 Å². The Kier molecular flexibility index (Phi) is 7.54. The number of benzene rings is 1. The van der Waals surface area contributed by atoms with Gasteiger partial charge in [-0.05, 0) is 43.7 Å². The Labute approximate surface area is 149 Å². The van der Waals surface area contributed by atoms with E-state index in [0.717, 1.165) is 30.6 Å². The van der Waals surface area contributed by atoms with E-state index in [1.54, 1.807) is 12.2 Å². The number of nitrogens with zero attached hydrogens (tertiary/aromatic N) is 2. The number of carbonyl (C=O) groups is 1. The van der Waals surface area contributed by atoms with Gasteiger partial charge in [-0.15, -0.1) is 0 Å². The van der Waals surface area contributed by atoms with Gasteiger partial charge in [-0.2, -0.15) is 10.2 Å². The van der Waals surface area contributed by atoms with Crippen LogP contribution in [0.3, 0.4) is 0 Å². The van der Waals surface area contributed by atoms with Gasteiger partial charge in [0.1, 0.15) is 0 Å².